The number of hydrogen-bond donors (Lipinski definition) is 2. The molecule has 0 fully saturated rings. The van der Waals surface area contributed by atoms with Gasteiger partial charge in [-0.3, -0.25) is 5.10 Å². The number of benzene rings is 1. The fourth-order valence-electron chi connectivity index (χ4n) is 1.57. The molecule has 0 saturated carbocycles. The lowest BCUT2D eigenvalue weighted by Gasteiger charge is -2.02. The Labute approximate surface area is 76.4 Å². The Morgan fingerprint density at radius 1 is 1.46 bits per heavy atom. The van der Waals surface area contributed by atoms with E-state index >= 15 is 0 Å². The van der Waals surface area contributed by atoms with Gasteiger partial charge in [0.15, 0.2) is 0 Å². The van der Waals surface area contributed by atoms with Crippen LogP contribution >= 0.6 is 0 Å². The second-order valence-electron chi connectivity index (χ2n) is 3.28. The van der Waals surface area contributed by atoms with Crippen molar-refractivity contribution in [2.75, 3.05) is 0 Å². The molecule has 0 amide bonds. The molecule has 3 heteroatoms. The summed E-state index contributed by atoms with van der Waals surface area (Å²) in [6.07, 6.45) is -0.494. The van der Waals surface area contributed by atoms with Gasteiger partial charge in [-0.05, 0) is 25.5 Å². The first-order valence-corrected chi connectivity index (χ1v) is 4.32. The molecule has 0 radical (unpaired) electrons. The average molecular weight is 176 g/mol. The number of aryl methyl sites for hydroxylation is 1. The Hall–Kier alpha value is -1.35. The number of aromatic nitrogens is 2. The molecule has 13 heavy (non-hydrogen) atoms. The largest absolute Gasteiger partial charge is 0.387 e. The maximum Gasteiger partial charge on any atom is 0.0932 e. The van der Waals surface area contributed by atoms with E-state index in [1.807, 2.05) is 25.1 Å². The van der Waals surface area contributed by atoms with Gasteiger partial charge in [0.2, 0.25) is 0 Å². The summed E-state index contributed by atoms with van der Waals surface area (Å²) in [6, 6.07) is 5.92. The minimum Gasteiger partial charge on any atom is -0.387 e. The average Bonchev–Trinajstić information content (AvgIpc) is 2.49. The van der Waals surface area contributed by atoms with Crippen LogP contribution in [-0.2, 0) is 0 Å². The van der Waals surface area contributed by atoms with Crippen molar-refractivity contribution in [3.05, 3.63) is 29.5 Å². The van der Waals surface area contributed by atoms with Gasteiger partial charge in [0, 0.05) is 5.39 Å². The zero-order chi connectivity index (χ0) is 9.42. The Morgan fingerprint density at radius 2 is 2.23 bits per heavy atom. The highest BCUT2D eigenvalue weighted by molar-refractivity contribution is 5.84. The number of aromatic amines is 1. The predicted molar refractivity (Wildman–Crippen MR) is 51.5 cm³/mol. The highest BCUT2D eigenvalue weighted by Crippen LogP contribution is 2.24. The number of nitrogens with one attached hydrogen (secondary N) is 1. The molecule has 1 aromatic carbocycles. The molecule has 3 nitrogen and oxygen atoms in total. The first kappa shape index (κ1) is 8.26. The third-order valence-electron chi connectivity index (χ3n) is 2.23. The van der Waals surface area contributed by atoms with E-state index in [9.17, 15) is 5.11 Å². The van der Waals surface area contributed by atoms with Crippen LogP contribution < -0.4 is 0 Å². The van der Waals surface area contributed by atoms with Crippen LogP contribution in [0.1, 0.15) is 24.3 Å². The van der Waals surface area contributed by atoms with E-state index in [4.69, 9.17) is 0 Å². The van der Waals surface area contributed by atoms with Crippen molar-refractivity contribution in [1.82, 2.24) is 10.2 Å². The van der Waals surface area contributed by atoms with E-state index < -0.39 is 6.10 Å². The summed E-state index contributed by atoms with van der Waals surface area (Å²) in [7, 11) is 0. The maximum absolute atomic E-state index is 9.46. The molecule has 0 aliphatic heterocycles. The normalized spacial score (nSPS) is 13.5. The summed E-state index contributed by atoms with van der Waals surface area (Å²) in [5.74, 6) is 0. The molecule has 1 heterocycles. The number of H-pyrrole nitrogens is 1. The SMILES string of the molecule is Cc1cccc2n[nH]c(C(C)O)c12. The van der Waals surface area contributed by atoms with E-state index in [2.05, 4.69) is 10.2 Å². The minimum absolute atomic E-state index is 0.494. The van der Waals surface area contributed by atoms with E-state index in [0.717, 1.165) is 22.2 Å². The highest BCUT2D eigenvalue weighted by Gasteiger charge is 2.10. The van der Waals surface area contributed by atoms with Crippen LogP contribution in [0.15, 0.2) is 18.2 Å². The molecule has 2 rings (SSSR count). The number of aliphatic hydroxyl groups excluding tert-OH is 1. The van der Waals surface area contributed by atoms with Gasteiger partial charge in [0.1, 0.15) is 0 Å². The van der Waals surface area contributed by atoms with Crippen LogP contribution in [0.5, 0.6) is 0 Å². The van der Waals surface area contributed by atoms with Gasteiger partial charge >= 0.3 is 0 Å². The van der Waals surface area contributed by atoms with Gasteiger partial charge in [-0.2, -0.15) is 5.10 Å². The number of aliphatic hydroxyl groups is 1. The van der Waals surface area contributed by atoms with E-state index in [1.54, 1.807) is 6.92 Å². The first-order chi connectivity index (χ1) is 6.20. The minimum atomic E-state index is -0.494. The number of hydrogen-bond acceptors (Lipinski definition) is 2. The van der Waals surface area contributed by atoms with Crippen LogP contribution in [0.2, 0.25) is 0 Å². The first-order valence-electron chi connectivity index (χ1n) is 4.32. The lowest BCUT2D eigenvalue weighted by Crippen LogP contribution is -1.92. The van der Waals surface area contributed by atoms with Crippen LogP contribution in [0, 0.1) is 6.92 Å². The summed E-state index contributed by atoms with van der Waals surface area (Å²) >= 11 is 0. The summed E-state index contributed by atoms with van der Waals surface area (Å²) in [5.41, 5.74) is 2.85. The van der Waals surface area contributed by atoms with Crippen LogP contribution in [0.3, 0.4) is 0 Å². The van der Waals surface area contributed by atoms with E-state index in [1.165, 1.54) is 0 Å². The van der Waals surface area contributed by atoms with Gasteiger partial charge in [-0.1, -0.05) is 12.1 Å². The second kappa shape index (κ2) is 2.85. The zero-order valence-corrected chi connectivity index (χ0v) is 7.70. The third-order valence-corrected chi connectivity index (χ3v) is 2.23. The molecule has 0 aliphatic carbocycles. The van der Waals surface area contributed by atoms with Crippen LogP contribution in [0.4, 0.5) is 0 Å². The quantitative estimate of drug-likeness (QED) is 0.697. The molecule has 1 atom stereocenters. The summed E-state index contributed by atoms with van der Waals surface area (Å²) in [4.78, 5) is 0. The van der Waals surface area contributed by atoms with Crippen molar-refractivity contribution in [3.63, 3.8) is 0 Å². The van der Waals surface area contributed by atoms with Crippen molar-refractivity contribution in [3.8, 4) is 0 Å². The Bertz CT molecular complexity index is 431. The molecule has 68 valence electrons. The maximum atomic E-state index is 9.46. The van der Waals surface area contributed by atoms with Crippen molar-refractivity contribution < 1.29 is 5.11 Å². The predicted octanol–water partition coefficient (Wildman–Crippen LogP) is 1.92. The lowest BCUT2D eigenvalue weighted by atomic mass is 10.1. The van der Waals surface area contributed by atoms with E-state index in [0.29, 0.717) is 0 Å². The van der Waals surface area contributed by atoms with Gasteiger partial charge in [0.05, 0.1) is 17.3 Å². The fraction of sp³-hybridized carbons (Fsp3) is 0.300. The van der Waals surface area contributed by atoms with Gasteiger partial charge in [-0.25, -0.2) is 0 Å². The Kier molecular flexibility index (Phi) is 1.81. The second-order valence-corrected chi connectivity index (χ2v) is 3.28. The summed E-state index contributed by atoms with van der Waals surface area (Å²) in [6.45, 7) is 3.75. The molecule has 1 unspecified atom stereocenters. The molecule has 0 bridgehead atoms. The smallest absolute Gasteiger partial charge is 0.0932 e. The summed E-state index contributed by atoms with van der Waals surface area (Å²) in [5, 5.41) is 17.5. The third kappa shape index (κ3) is 1.21. The fourth-order valence-corrected chi connectivity index (χ4v) is 1.57. The summed E-state index contributed by atoms with van der Waals surface area (Å²) < 4.78 is 0. The molecule has 0 aliphatic rings. The number of rotatable bonds is 1. The van der Waals surface area contributed by atoms with E-state index in [-0.39, 0.29) is 0 Å². The lowest BCUT2D eigenvalue weighted by molar-refractivity contribution is 0.195. The molecular weight excluding hydrogens is 164 g/mol. The molecule has 1 aromatic heterocycles. The van der Waals surface area contributed by atoms with Gasteiger partial charge in [-0.15, -0.1) is 0 Å². The topological polar surface area (TPSA) is 48.9 Å². The zero-order valence-electron chi connectivity index (χ0n) is 7.70. The monoisotopic (exact) mass is 176 g/mol. The van der Waals surface area contributed by atoms with Crippen molar-refractivity contribution in [2.45, 2.75) is 20.0 Å². The van der Waals surface area contributed by atoms with Crippen LogP contribution in [-0.4, -0.2) is 15.3 Å². The van der Waals surface area contributed by atoms with Gasteiger partial charge in [0.25, 0.3) is 0 Å². The number of fused-ring (bicyclic) bond motifs is 1. The number of nitrogens with zero attached hydrogens (tertiary/aromatic N) is 1. The Balaban J connectivity index is 2.79. The standard InChI is InChI=1S/C10H12N2O/c1-6-4-3-5-8-9(6)10(7(2)13)12-11-8/h3-5,7,13H,1-2H3,(H,11,12). The van der Waals surface area contributed by atoms with Crippen molar-refractivity contribution in [1.29, 1.82) is 0 Å². The highest BCUT2D eigenvalue weighted by atomic mass is 16.3. The molecule has 0 saturated heterocycles. The van der Waals surface area contributed by atoms with Crippen molar-refractivity contribution in [2.24, 2.45) is 0 Å². The Morgan fingerprint density at radius 3 is 2.92 bits per heavy atom. The molecular formula is C10H12N2O. The molecule has 2 N–H and O–H groups in total. The molecule has 2 aromatic rings. The van der Waals surface area contributed by atoms with Crippen LogP contribution in [0.25, 0.3) is 10.9 Å². The van der Waals surface area contributed by atoms with Gasteiger partial charge < -0.3 is 5.11 Å². The van der Waals surface area contributed by atoms with Crippen molar-refractivity contribution >= 4 is 10.9 Å². The molecule has 0 spiro atoms.